The van der Waals surface area contributed by atoms with Gasteiger partial charge in [0.25, 0.3) is 11.8 Å². The molecule has 7 rings (SSSR count). The third-order valence-corrected chi connectivity index (χ3v) is 26.6. The van der Waals surface area contributed by atoms with Crippen molar-refractivity contribution in [2.75, 3.05) is 39.5 Å². The minimum absolute atomic E-state index is 0.00241. The van der Waals surface area contributed by atoms with Gasteiger partial charge in [0.2, 0.25) is 11.8 Å². The predicted molar refractivity (Wildman–Crippen MR) is 525 cm³/mol. The molecular weight excluding hydrogens is 1690 g/mol. The lowest BCUT2D eigenvalue weighted by molar-refractivity contribution is -0.303. The SMILES string of the molecule is CCCCCCCCCCCCCC[C@@H](O)[C@@H](O)[C@H](CO[C@H]1OC(CO)[C@H](O)[C@H](O)C1O)NC(=O)CCCCCCCCCCCNC(=O)c1ccc(F)cc1.CCCCCCCCCCCCCC[C@@H](OCc1ccccc1)[C@@H](OCc1ccccc1)[C@H](CO[C@H]1OC(COCc2ccccc2)[C@H](C)[C@H](C)C1C)NC(=O)CCCCCCCCCCCNC(=O)c1ccc(F)cc1. The van der Waals surface area contributed by atoms with Gasteiger partial charge in [0.1, 0.15) is 48.3 Å². The standard InChI is InChI=1S/C67H99FN2O7.C43H75FN2O10/c1-5-6-7-8-9-10-11-12-14-17-20-32-41-62(74-49-57-37-28-24-29-38-57)65(75-50-58-39-30-25-31-40-58)61(51-76-67-55(4)53(2)54(3)63(77-67)52-73-48-56-35-26-23-27-36-56)70-64(71)42-33-21-18-15-13-16-19-22-34-47-69-66(72)59-43-45-60(68)46-44-59;1-2-3-4-5-6-7-8-9-11-14-17-20-23-35(48)38(50)34(31-55-43-41(53)40(52)39(51)36(30-47)56-43)46-37(49)24-21-18-15-12-10-13-16-19-22-29-45-42(54)32-25-27-33(44)28-26-32/h23-31,35-40,43-46,53-55,61-63,65,67H,5-22,32-34,41-42,47-52H2,1-4H3,(H,69,72)(H,70,71);25-28,34-36,38-41,43,47-48,50-53H,2-24,29-31H2,1H3,(H,45,54)(H,46,49)/t53-,54+,55?,61-,62+,63?,65-,67-;34-,35+,36?,38-,39-,40-,41?,43-/m00/s1. The Morgan fingerprint density at radius 2 is 0.744 bits per heavy atom. The summed E-state index contributed by atoms with van der Waals surface area (Å²) in [5.41, 5.74) is 4.22. The highest BCUT2D eigenvalue weighted by atomic mass is 19.1. The Balaban J connectivity index is 0.000000431. The van der Waals surface area contributed by atoms with Crippen molar-refractivity contribution in [3.05, 3.63) is 179 Å². The van der Waals surface area contributed by atoms with Crippen LogP contribution in [-0.2, 0) is 62.6 Å². The van der Waals surface area contributed by atoms with Crippen LogP contribution >= 0.6 is 0 Å². The third kappa shape index (κ3) is 50.0. The van der Waals surface area contributed by atoms with Gasteiger partial charge in [-0.25, -0.2) is 8.78 Å². The van der Waals surface area contributed by atoms with Crippen LogP contribution in [-0.4, -0.2) is 173 Å². The van der Waals surface area contributed by atoms with Gasteiger partial charge in [-0.05, 0) is 116 Å². The molecule has 5 aromatic carbocycles. The fourth-order valence-corrected chi connectivity index (χ4v) is 17.6. The monoisotopic (exact) mass is 1860 g/mol. The molecule has 133 heavy (non-hydrogen) atoms. The van der Waals surface area contributed by atoms with Gasteiger partial charge in [-0.1, -0.05) is 370 Å². The predicted octanol–water partition coefficient (Wildman–Crippen LogP) is 21.6. The first-order valence-electron chi connectivity index (χ1n) is 51.9. The molecule has 10 N–H and O–H groups in total. The Morgan fingerprint density at radius 1 is 0.383 bits per heavy atom. The normalized spacial score (nSPS) is 19.8. The van der Waals surface area contributed by atoms with Crippen LogP contribution in [0.15, 0.2) is 140 Å². The maximum atomic E-state index is 14.2. The quantitative estimate of drug-likeness (QED) is 0.0162. The lowest BCUT2D eigenvalue weighted by atomic mass is 9.79. The minimum atomic E-state index is -1.63. The second kappa shape index (κ2) is 72.6. The van der Waals surface area contributed by atoms with Gasteiger partial charge in [-0.2, -0.15) is 0 Å². The Morgan fingerprint density at radius 3 is 1.17 bits per heavy atom. The number of rotatable bonds is 75. The van der Waals surface area contributed by atoms with E-state index in [1.54, 1.807) is 0 Å². The van der Waals surface area contributed by atoms with Gasteiger partial charge >= 0.3 is 0 Å². The van der Waals surface area contributed by atoms with Crippen molar-refractivity contribution in [2.24, 2.45) is 17.8 Å². The first-order valence-corrected chi connectivity index (χ1v) is 51.9. The van der Waals surface area contributed by atoms with Gasteiger partial charge in [0.15, 0.2) is 12.6 Å². The summed E-state index contributed by atoms with van der Waals surface area (Å²) < 4.78 is 71.4. The number of carbonyl (C=O) groups excluding carboxylic acids is 4. The summed E-state index contributed by atoms with van der Waals surface area (Å²) in [6, 6.07) is 40.5. The number of hydrogen-bond donors (Lipinski definition) is 10. The molecule has 0 spiro atoms. The molecule has 2 aliphatic heterocycles. The number of nitrogens with one attached hydrogen (secondary N) is 4. The second-order valence-corrected chi connectivity index (χ2v) is 37.7. The second-order valence-electron chi connectivity index (χ2n) is 37.7. The summed E-state index contributed by atoms with van der Waals surface area (Å²) in [6.45, 7) is 13.5. The molecule has 16 atom stereocenters. The van der Waals surface area contributed by atoms with Gasteiger partial charge in [-0.15, -0.1) is 0 Å². The zero-order chi connectivity index (χ0) is 95.5. The smallest absolute Gasteiger partial charge is 0.251 e. The van der Waals surface area contributed by atoms with Crippen molar-refractivity contribution in [1.29, 1.82) is 0 Å². The van der Waals surface area contributed by atoms with Crippen LogP contribution in [0.5, 0.6) is 0 Å². The fourth-order valence-electron chi connectivity index (χ4n) is 17.6. The number of hydrogen-bond acceptors (Lipinski definition) is 17. The summed E-state index contributed by atoms with van der Waals surface area (Å²) in [7, 11) is 0. The van der Waals surface area contributed by atoms with E-state index < -0.39 is 74.0 Å². The van der Waals surface area contributed by atoms with Crippen molar-refractivity contribution in [3.8, 4) is 0 Å². The Hall–Kier alpha value is -6.68. The highest BCUT2D eigenvalue weighted by Gasteiger charge is 2.46. The molecule has 2 saturated heterocycles. The van der Waals surface area contributed by atoms with Crippen molar-refractivity contribution >= 4 is 23.6 Å². The molecule has 2 heterocycles. The zero-order valence-corrected chi connectivity index (χ0v) is 81.8. The van der Waals surface area contributed by atoms with Gasteiger partial charge < -0.3 is 85.1 Å². The summed E-state index contributed by atoms with van der Waals surface area (Å²) >= 11 is 0. The van der Waals surface area contributed by atoms with Crippen molar-refractivity contribution in [1.82, 2.24) is 21.3 Å². The molecule has 0 saturated carbocycles. The van der Waals surface area contributed by atoms with Gasteiger partial charge in [-0.3, -0.25) is 19.2 Å². The number of carbonyl (C=O) groups is 4. The number of aliphatic hydroxyl groups is 6. The number of unbranched alkanes of at least 4 members (excludes halogenated alkanes) is 38. The number of aliphatic hydroxyl groups excluding tert-OH is 6. The fraction of sp³-hybridized carbons (Fsp3) is 0.691. The van der Waals surface area contributed by atoms with Crippen LogP contribution in [0.4, 0.5) is 8.78 Å². The van der Waals surface area contributed by atoms with E-state index in [4.69, 9.17) is 33.2 Å². The lowest BCUT2D eigenvalue weighted by Gasteiger charge is -2.44. The molecule has 4 unspecified atom stereocenters. The summed E-state index contributed by atoms with van der Waals surface area (Å²) in [5.74, 6) is -0.689. The molecule has 0 aliphatic carbocycles. The summed E-state index contributed by atoms with van der Waals surface area (Å²) in [5, 5.41) is 74.3. The molecule has 5 aromatic rings. The number of halogens is 2. The Labute approximate surface area is 798 Å². The van der Waals surface area contributed by atoms with E-state index in [0.717, 1.165) is 171 Å². The van der Waals surface area contributed by atoms with Crippen LogP contribution in [0.2, 0.25) is 0 Å². The van der Waals surface area contributed by atoms with Crippen LogP contribution in [0, 0.1) is 29.4 Å². The van der Waals surface area contributed by atoms with E-state index in [2.05, 4.69) is 104 Å². The van der Waals surface area contributed by atoms with Crippen LogP contribution in [0.3, 0.4) is 0 Å². The molecular formula is C110H174F2N4O17. The van der Waals surface area contributed by atoms with Gasteiger partial charge in [0.05, 0.1) is 76.6 Å². The van der Waals surface area contributed by atoms with E-state index in [1.165, 1.54) is 164 Å². The van der Waals surface area contributed by atoms with Crippen molar-refractivity contribution < 1.29 is 91.8 Å². The molecule has 23 heteroatoms. The Kier molecular flexibility index (Phi) is 62.8. The number of amides is 4. The summed E-state index contributed by atoms with van der Waals surface area (Å²) in [6.07, 6.45) is 37.9. The maximum Gasteiger partial charge on any atom is 0.251 e. The number of benzene rings is 5. The van der Waals surface area contributed by atoms with E-state index in [0.29, 0.717) is 75.8 Å². The third-order valence-electron chi connectivity index (χ3n) is 26.6. The molecule has 0 radical (unpaired) electrons. The zero-order valence-electron chi connectivity index (χ0n) is 81.8. The summed E-state index contributed by atoms with van der Waals surface area (Å²) in [4.78, 5) is 51.6. The Bertz CT molecular complexity index is 3700. The lowest BCUT2D eigenvalue weighted by Crippen LogP contribution is -2.60. The van der Waals surface area contributed by atoms with E-state index in [-0.39, 0.29) is 78.9 Å². The molecule has 4 amide bonds. The van der Waals surface area contributed by atoms with Crippen molar-refractivity contribution in [2.45, 2.75) is 429 Å². The number of ether oxygens (including phenoxy) is 7. The van der Waals surface area contributed by atoms with E-state index >= 15 is 0 Å². The minimum Gasteiger partial charge on any atom is -0.394 e. The highest BCUT2D eigenvalue weighted by molar-refractivity contribution is 5.94. The molecule has 2 aliphatic rings. The van der Waals surface area contributed by atoms with Crippen LogP contribution < -0.4 is 21.3 Å². The van der Waals surface area contributed by atoms with Crippen LogP contribution in [0.25, 0.3) is 0 Å². The maximum absolute atomic E-state index is 14.2. The average molecular weight is 1860 g/mol. The van der Waals surface area contributed by atoms with E-state index in [1.807, 2.05) is 42.5 Å². The topological polar surface area (TPSA) is 302 Å². The van der Waals surface area contributed by atoms with E-state index in [9.17, 15) is 58.6 Å². The molecule has 0 aromatic heterocycles. The molecule has 21 nitrogen and oxygen atoms in total. The van der Waals surface area contributed by atoms with Gasteiger partial charge in [0, 0.05) is 43.0 Å². The first kappa shape index (κ1) is 115. The van der Waals surface area contributed by atoms with Crippen molar-refractivity contribution in [3.63, 3.8) is 0 Å². The molecule has 2 fully saturated rings. The largest absolute Gasteiger partial charge is 0.394 e. The highest BCUT2D eigenvalue weighted by Crippen LogP contribution is 2.37. The van der Waals surface area contributed by atoms with Crippen LogP contribution in [0.1, 0.15) is 367 Å². The molecule has 750 valence electrons. The molecule has 0 bridgehead atoms. The average Bonchev–Trinajstić information content (AvgIpc) is 0.816. The first-order chi connectivity index (χ1) is 64.8.